The molecule has 0 bridgehead atoms. The van der Waals surface area contributed by atoms with Gasteiger partial charge in [0.25, 0.3) is 0 Å². The van der Waals surface area contributed by atoms with E-state index in [1.165, 1.54) is 34.6 Å². The van der Waals surface area contributed by atoms with Gasteiger partial charge in [0.15, 0.2) is 17.2 Å². The largest absolute Gasteiger partial charge is 0.434 e. The number of aromatic nitrogens is 4. The lowest BCUT2D eigenvalue weighted by Crippen LogP contribution is -2.46. The second-order valence-corrected chi connectivity index (χ2v) is 8.21. The number of anilines is 1. The van der Waals surface area contributed by atoms with E-state index < -0.39 is 11.9 Å². The molecule has 1 saturated carbocycles. The smallest absolute Gasteiger partial charge is 0.351 e. The molecule has 1 aliphatic heterocycles. The van der Waals surface area contributed by atoms with E-state index in [4.69, 9.17) is 4.98 Å². The van der Waals surface area contributed by atoms with Gasteiger partial charge in [0.05, 0.1) is 10.7 Å². The summed E-state index contributed by atoms with van der Waals surface area (Å²) in [4.78, 5) is 17.2. The highest BCUT2D eigenvalue weighted by Crippen LogP contribution is 2.41. The van der Waals surface area contributed by atoms with Gasteiger partial charge in [-0.05, 0) is 12.8 Å². The molecule has 1 aliphatic carbocycles. The van der Waals surface area contributed by atoms with Crippen molar-refractivity contribution in [3.63, 3.8) is 0 Å². The van der Waals surface area contributed by atoms with Crippen molar-refractivity contribution in [2.45, 2.75) is 31.5 Å². The Hall–Kier alpha value is -2.20. The standard InChI is InChI=1S/C18H19F3N6S/c19-18(20,21)14-10-27-4-3-22-15(16(27)24-14)26-7-5-25(6-8-26)9-13-11-28-17(23-13)12-1-2-12/h3-4,10-12H,1-2,5-9H2. The zero-order valence-electron chi connectivity index (χ0n) is 15.1. The fourth-order valence-electron chi connectivity index (χ4n) is 3.53. The van der Waals surface area contributed by atoms with Crippen LogP contribution in [0.25, 0.3) is 5.65 Å². The van der Waals surface area contributed by atoms with Crippen molar-refractivity contribution in [3.8, 4) is 0 Å². The van der Waals surface area contributed by atoms with Crippen molar-refractivity contribution in [2.24, 2.45) is 0 Å². The molecule has 3 aromatic heterocycles. The lowest BCUT2D eigenvalue weighted by Gasteiger charge is -2.35. The van der Waals surface area contributed by atoms with Crippen LogP contribution in [0.15, 0.2) is 24.0 Å². The first kappa shape index (κ1) is 17.9. The third-order valence-electron chi connectivity index (χ3n) is 5.20. The Bertz CT molecular complexity index is 985. The molecule has 148 valence electrons. The maximum Gasteiger partial charge on any atom is 0.434 e. The molecule has 4 heterocycles. The monoisotopic (exact) mass is 408 g/mol. The lowest BCUT2D eigenvalue weighted by atomic mass is 10.3. The number of hydrogen-bond donors (Lipinski definition) is 0. The molecule has 0 radical (unpaired) electrons. The maximum absolute atomic E-state index is 13.0. The number of piperazine rings is 1. The van der Waals surface area contributed by atoms with Crippen LogP contribution in [-0.4, -0.2) is 50.4 Å². The minimum absolute atomic E-state index is 0.247. The molecule has 0 unspecified atom stereocenters. The molecule has 3 aromatic rings. The van der Waals surface area contributed by atoms with Crippen molar-refractivity contribution in [3.05, 3.63) is 40.4 Å². The average Bonchev–Trinajstić information content (AvgIpc) is 3.24. The molecule has 6 nitrogen and oxygen atoms in total. The van der Waals surface area contributed by atoms with Crippen LogP contribution >= 0.6 is 11.3 Å². The van der Waals surface area contributed by atoms with E-state index in [0.717, 1.165) is 31.5 Å². The quantitative estimate of drug-likeness (QED) is 0.662. The van der Waals surface area contributed by atoms with Crippen LogP contribution in [0.3, 0.4) is 0 Å². The predicted molar refractivity (Wildman–Crippen MR) is 99.6 cm³/mol. The average molecular weight is 408 g/mol. The molecule has 28 heavy (non-hydrogen) atoms. The van der Waals surface area contributed by atoms with Crippen LogP contribution < -0.4 is 4.90 Å². The summed E-state index contributed by atoms with van der Waals surface area (Å²) < 4.78 is 40.4. The summed E-state index contributed by atoms with van der Waals surface area (Å²) in [7, 11) is 0. The number of alkyl halides is 3. The normalized spacial score (nSPS) is 18.9. The van der Waals surface area contributed by atoms with Crippen molar-refractivity contribution < 1.29 is 13.2 Å². The molecule has 0 atom stereocenters. The van der Waals surface area contributed by atoms with Crippen LogP contribution in [0.5, 0.6) is 0 Å². The molecule has 10 heteroatoms. The Labute approximate surface area is 163 Å². The second-order valence-electron chi connectivity index (χ2n) is 7.32. The van der Waals surface area contributed by atoms with E-state index in [2.05, 4.69) is 20.2 Å². The minimum atomic E-state index is -4.46. The van der Waals surface area contributed by atoms with E-state index in [-0.39, 0.29) is 5.65 Å². The first-order chi connectivity index (χ1) is 13.5. The fraction of sp³-hybridized carbons (Fsp3) is 0.500. The first-order valence-electron chi connectivity index (χ1n) is 9.30. The van der Waals surface area contributed by atoms with Gasteiger partial charge in [-0.1, -0.05) is 0 Å². The van der Waals surface area contributed by atoms with Gasteiger partial charge in [-0.15, -0.1) is 11.3 Å². The van der Waals surface area contributed by atoms with Gasteiger partial charge in [-0.3, -0.25) is 4.90 Å². The van der Waals surface area contributed by atoms with Gasteiger partial charge in [-0.25, -0.2) is 15.0 Å². The highest BCUT2D eigenvalue weighted by Gasteiger charge is 2.35. The van der Waals surface area contributed by atoms with E-state index >= 15 is 0 Å². The Kier molecular flexibility index (Phi) is 4.27. The van der Waals surface area contributed by atoms with Crippen LogP contribution in [0.1, 0.15) is 35.2 Å². The number of fused-ring (bicyclic) bond motifs is 1. The minimum Gasteiger partial charge on any atom is -0.351 e. The summed E-state index contributed by atoms with van der Waals surface area (Å²) in [6.45, 7) is 3.83. The van der Waals surface area contributed by atoms with Crippen LogP contribution in [0.2, 0.25) is 0 Å². The van der Waals surface area contributed by atoms with Gasteiger partial charge >= 0.3 is 6.18 Å². The fourth-order valence-corrected chi connectivity index (χ4v) is 4.51. The van der Waals surface area contributed by atoms with E-state index in [1.807, 2.05) is 4.90 Å². The van der Waals surface area contributed by atoms with E-state index in [9.17, 15) is 13.2 Å². The number of nitrogens with zero attached hydrogens (tertiary/aromatic N) is 6. The molecule has 0 spiro atoms. The molecule has 1 saturated heterocycles. The SMILES string of the molecule is FC(F)(F)c1cn2ccnc(N3CCN(Cc4csc(C5CC5)n4)CC3)c2n1. The van der Waals surface area contributed by atoms with E-state index in [0.29, 0.717) is 24.8 Å². The van der Waals surface area contributed by atoms with Gasteiger partial charge in [0.2, 0.25) is 0 Å². The summed E-state index contributed by atoms with van der Waals surface area (Å²) in [5, 5.41) is 3.40. The Morgan fingerprint density at radius 3 is 2.61 bits per heavy atom. The zero-order chi connectivity index (χ0) is 19.3. The molecule has 2 fully saturated rings. The molecule has 2 aliphatic rings. The van der Waals surface area contributed by atoms with Gasteiger partial charge in [0, 0.05) is 62.6 Å². The number of thiazole rings is 1. The van der Waals surface area contributed by atoms with E-state index in [1.54, 1.807) is 11.3 Å². The number of halogens is 3. The molecular formula is C18H19F3N6S. The van der Waals surface area contributed by atoms with Gasteiger partial charge in [-0.2, -0.15) is 13.2 Å². The molecule has 0 N–H and O–H groups in total. The molecule has 0 aromatic carbocycles. The number of hydrogen-bond acceptors (Lipinski definition) is 6. The third kappa shape index (κ3) is 3.46. The van der Waals surface area contributed by atoms with Crippen LogP contribution in [0, 0.1) is 0 Å². The Morgan fingerprint density at radius 1 is 1.11 bits per heavy atom. The Balaban J connectivity index is 1.27. The highest BCUT2D eigenvalue weighted by molar-refractivity contribution is 7.09. The molecule has 5 rings (SSSR count). The van der Waals surface area contributed by atoms with Crippen LogP contribution in [0.4, 0.5) is 19.0 Å². The second kappa shape index (κ2) is 6.70. The van der Waals surface area contributed by atoms with Crippen molar-refractivity contribution in [1.29, 1.82) is 0 Å². The summed E-state index contributed by atoms with van der Waals surface area (Å²) in [6, 6.07) is 0. The summed E-state index contributed by atoms with van der Waals surface area (Å²) in [5.41, 5.74) is 0.468. The van der Waals surface area contributed by atoms with Gasteiger partial charge < -0.3 is 9.30 Å². The number of imidazole rings is 1. The zero-order valence-corrected chi connectivity index (χ0v) is 15.9. The van der Waals surface area contributed by atoms with Crippen molar-refractivity contribution in [2.75, 3.05) is 31.1 Å². The van der Waals surface area contributed by atoms with Crippen molar-refractivity contribution in [1.82, 2.24) is 24.3 Å². The van der Waals surface area contributed by atoms with Gasteiger partial charge in [0.1, 0.15) is 0 Å². The molecule has 0 amide bonds. The van der Waals surface area contributed by atoms with Crippen molar-refractivity contribution >= 4 is 22.8 Å². The summed E-state index contributed by atoms with van der Waals surface area (Å²) in [6.07, 6.45) is 2.08. The topological polar surface area (TPSA) is 49.6 Å². The maximum atomic E-state index is 13.0. The first-order valence-corrected chi connectivity index (χ1v) is 10.2. The summed E-state index contributed by atoms with van der Waals surface area (Å²) in [5.74, 6) is 1.18. The predicted octanol–water partition coefficient (Wildman–Crippen LogP) is 3.40. The Morgan fingerprint density at radius 2 is 1.89 bits per heavy atom. The summed E-state index contributed by atoms with van der Waals surface area (Å²) >= 11 is 1.75. The van der Waals surface area contributed by atoms with Crippen LogP contribution in [-0.2, 0) is 12.7 Å². The number of rotatable bonds is 4. The third-order valence-corrected chi connectivity index (χ3v) is 6.26. The molecular weight excluding hydrogens is 389 g/mol. The lowest BCUT2D eigenvalue weighted by molar-refractivity contribution is -0.140. The highest BCUT2D eigenvalue weighted by atomic mass is 32.1.